The number of carbonyl (C=O) groups is 2. The second kappa shape index (κ2) is 8.90. The summed E-state index contributed by atoms with van der Waals surface area (Å²) < 4.78 is 5.65. The van der Waals surface area contributed by atoms with Gasteiger partial charge in [0, 0.05) is 29.9 Å². The van der Waals surface area contributed by atoms with E-state index >= 15 is 0 Å². The Hall–Kier alpha value is -2.27. The molecule has 0 saturated carbocycles. The van der Waals surface area contributed by atoms with E-state index in [1.165, 1.54) is 6.92 Å². The first kappa shape index (κ1) is 20.0. The Morgan fingerprint density at radius 1 is 1.23 bits per heavy atom. The van der Waals surface area contributed by atoms with Crippen molar-refractivity contribution < 1.29 is 14.3 Å². The van der Waals surface area contributed by atoms with Gasteiger partial charge >= 0.3 is 0 Å². The number of carbonyl (C=O) groups excluding carboxylic acids is 2. The average molecular weight is 377 g/mol. The van der Waals surface area contributed by atoms with Gasteiger partial charge in [0.1, 0.15) is 11.4 Å². The molecule has 1 N–H and O–H groups in total. The minimum Gasteiger partial charge on any atom is -0.494 e. The number of hydrogen-bond donors (Lipinski definition) is 1. The van der Waals surface area contributed by atoms with Crippen LogP contribution in [0, 0.1) is 6.92 Å². The molecule has 1 aromatic heterocycles. The first-order chi connectivity index (χ1) is 12.3. The van der Waals surface area contributed by atoms with Crippen molar-refractivity contribution in [3.63, 3.8) is 0 Å². The Bertz CT molecular complexity index is 781. The Morgan fingerprint density at radius 2 is 1.88 bits per heavy atom. The molecule has 140 valence electrons. The van der Waals surface area contributed by atoms with E-state index in [2.05, 4.69) is 4.98 Å². The van der Waals surface area contributed by atoms with Gasteiger partial charge in [-0.15, -0.1) is 0 Å². The highest BCUT2D eigenvalue weighted by Crippen LogP contribution is 2.21. The van der Waals surface area contributed by atoms with Gasteiger partial charge in [0.05, 0.1) is 6.61 Å². The number of rotatable bonds is 8. The summed E-state index contributed by atoms with van der Waals surface area (Å²) in [6.45, 7) is 6.37. The van der Waals surface area contributed by atoms with E-state index in [-0.39, 0.29) is 11.7 Å². The minimum absolute atomic E-state index is 0.0198. The molecular formula is C20H25ClN2O3. The number of ether oxygens (including phenoxy) is 1. The molecular weight excluding hydrogens is 352 g/mol. The summed E-state index contributed by atoms with van der Waals surface area (Å²) in [4.78, 5) is 29.3. The van der Waals surface area contributed by atoms with E-state index in [4.69, 9.17) is 16.3 Å². The summed E-state index contributed by atoms with van der Waals surface area (Å²) in [5.74, 6) is 0.625. The largest absolute Gasteiger partial charge is 0.494 e. The predicted octanol–water partition coefficient (Wildman–Crippen LogP) is 4.28. The molecule has 0 atom stereocenters. The van der Waals surface area contributed by atoms with Crippen LogP contribution in [0.5, 0.6) is 5.75 Å². The fraction of sp³-hybridized carbons (Fsp3) is 0.400. The van der Waals surface area contributed by atoms with Crippen LogP contribution in [0.4, 0.5) is 0 Å². The highest BCUT2D eigenvalue weighted by atomic mass is 35.5. The van der Waals surface area contributed by atoms with Crippen LogP contribution in [-0.2, 0) is 6.42 Å². The van der Waals surface area contributed by atoms with Crippen LogP contribution in [0.15, 0.2) is 24.3 Å². The third kappa shape index (κ3) is 4.67. The van der Waals surface area contributed by atoms with Gasteiger partial charge in [0.25, 0.3) is 5.91 Å². The molecule has 6 heteroatoms. The lowest BCUT2D eigenvalue weighted by Crippen LogP contribution is -2.29. The first-order valence-electron chi connectivity index (χ1n) is 8.71. The number of ketones is 1. The van der Waals surface area contributed by atoms with E-state index in [0.717, 1.165) is 17.0 Å². The van der Waals surface area contributed by atoms with Gasteiger partial charge in [-0.2, -0.15) is 0 Å². The van der Waals surface area contributed by atoms with Crippen LogP contribution in [0.3, 0.4) is 0 Å². The number of aryl methyl sites for hydroxylation is 1. The van der Waals surface area contributed by atoms with Gasteiger partial charge in [0.15, 0.2) is 5.78 Å². The molecule has 0 bridgehead atoms. The molecule has 0 spiro atoms. The van der Waals surface area contributed by atoms with Gasteiger partial charge in [-0.25, -0.2) is 0 Å². The fourth-order valence-corrected chi connectivity index (χ4v) is 3.13. The van der Waals surface area contributed by atoms with Gasteiger partial charge in [-0.1, -0.05) is 18.5 Å². The summed E-state index contributed by atoms with van der Waals surface area (Å²) in [5, 5.41) is 0.667. The number of nitrogens with one attached hydrogen (secondary N) is 1. The van der Waals surface area contributed by atoms with Gasteiger partial charge in [0.2, 0.25) is 0 Å². The number of aromatic nitrogens is 1. The Morgan fingerprint density at radius 3 is 2.46 bits per heavy atom. The highest BCUT2D eigenvalue weighted by Gasteiger charge is 2.23. The van der Waals surface area contributed by atoms with Crippen LogP contribution in [0.1, 0.15) is 52.4 Å². The summed E-state index contributed by atoms with van der Waals surface area (Å²) in [6.07, 6.45) is 1.33. The molecule has 2 rings (SSSR count). The number of amides is 1. The second-order valence-electron chi connectivity index (χ2n) is 6.27. The molecule has 5 nitrogen and oxygen atoms in total. The molecule has 0 saturated heterocycles. The van der Waals surface area contributed by atoms with Crippen molar-refractivity contribution in [2.45, 2.75) is 33.6 Å². The monoisotopic (exact) mass is 376 g/mol. The molecule has 0 aliphatic heterocycles. The molecule has 1 aromatic carbocycles. The lowest BCUT2D eigenvalue weighted by atomic mass is 10.0. The van der Waals surface area contributed by atoms with E-state index in [0.29, 0.717) is 42.3 Å². The number of Topliss-reactive ketones (excluding diaryl/α,β-unsaturated/α-hetero) is 1. The van der Waals surface area contributed by atoms with Crippen molar-refractivity contribution in [1.82, 2.24) is 9.88 Å². The minimum atomic E-state index is -0.107. The SMILES string of the molecule is CCc1c(C(=O)N(C)CCCOc2ccc(Cl)cc2)[nH]c(C)c1C(C)=O. The van der Waals surface area contributed by atoms with Crippen LogP contribution in [0.2, 0.25) is 5.02 Å². The Labute approximate surface area is 159 Å². The quantitative estimate of drug-likeness (QED) is 0.552. The van der Waals surface area contributed by atoms with Gasteiger partial charge < -0.3 is 14.6 Å². The van der Waals surface area contributed by atoms with E-state index in [1.54, 1.807) is 24.1 Å². The second-order valence-corrected chi connectivity index (χ2v) is 6.71. The number of benzene rings is 1. The molecule has 0 aliphatic rings. The van der Waals surface area contributed by atoms with Crippen molar-refractivity contribution in [2.24, 2.45) is 0 Å². The van der Waals surface area contributed by atoms with Crippen molar-refractivity contribution >= 4 is 23.3 Å². The van der Waals surface area contributed by atoms with E-state index in [1.807, 2.05) is 26.0 Å². The average Bonchev–Trinajstić information content (AvgIpc) is 2.95. The zero-order valence-electron chi connectivity index (χ0n) is 15.7. The molecule has 2 aromatic rings. The lowest BCUT2D eigenvalue weighted by Gasteiger charge is -2.17. The van der Waals surface area contributed by atoms with Crippen molar-refractivity contribution in [1.29, 1.82) is 0 Å². The molecule has 1 heterocycles. The standard InChI is InChI=1S/C20H25ClN2O3/c1-5-17-18(14(3)24)13(2)22-19(17)20(25)23(4)11-6-12-26-16-9-7-15(21)8-10-16/h7-10,22H,5-6,11-12H2,1-4H3. The van der Waals surface area contributed by atoms with Crippen LogP contribution in [0.25, 0.3) is 0 Å². The third-order valence-electron chi connectivity index (χ3n) is 4.28. The number of hydrogen-bond acceptors (Lipinski definition) is 3. The smallest absolute Gasteiger partial charge is 0.270 e. The third-order valence-corrected chi connectivity index (χ3v) is 4.53. The van der Waals surface area contributed by atoms with E-state index in [9.17, 15) is 9.59 Å². The molecule has 26 heavy (non-hydrogen) atoms. The molecule has 0 unspecified atom stereocenters. The van der Waals surface area contributed by atoms with Crippen molar-refractivity contribution in [2.75, 3.05) is 20.2 Å². The van der Waals surface area contributed by atoms with Crippen molar-refractivity contribution in [3.8, 4) is 5.75 Å². The summed E-state index contributed by atoms with van der Waals surface area (Å²) >= 11 is 5.84. The number of H-pyrrole nitrogens is 1. The Kier molecular flexibility index (Phi) is 6.86. The van der Waals surface area contributed by atoms with Crippen molar-refractivity contribution in [3.05, 3.63) is 51.8 Å². The molecule has 0 radical (unpaired) electrons. The molecule has 0 aliphatic carbocycles. The number of aromatic amines is 1. The Balaban J connectivity index is 1.94. The maximum atomic E-state index is 12.7. The maximum absolute atomic E-state index is 12.7. The molecule has 1 amide bonds. The fourth-order valence-electron chi connectivity index (χ4n) is 3.00. The summed E-state index contributed by atoms with van der Waals surface area (Å²) in [7, 11) is 1.76. The normalized spacial score (nSPS) is 10.7. The van der Waals surface area contributed by atoms with Gasteiger partial charge in [-0.3, -0.25) is 9.59 Å². The number of nitrogens with zero attached hydrogens (tertiary/aromatic N) is 1. The van der Waals surface area contributed by atoms with Crippen LogP contribution < -0.4 is 4.74 Å². The maximum Gasteiger partial charge on any atom is 0.270 e. The summed E-state index contributed by atoms with van der Waals surface area (Å²) in [6, 6.07) is 7.18. The van der Waals surface area contributed by atoms with E-state index < -0.39 is 0 Å². The van der Waals surface area contributed by atoms with Crippen LogP contribution in [-0.4, -0.2) is 41.8 Å². The zero-order valence-corrected chi connectivity index (χ0v) is 16.4. The van der Waals surface area contributed by atoms with Crippen LogP contribution >= 0.6 is 11.6 Å². The highest BCUT2D eigenvalue weighted by molar-refractivity contribution is 6.30. The molecule has 0 fully saturated rings. The predicted molar refractivity (Wildman–Crippen MR) is 103 cm³/mol. The lowest BCUT2D eigenvalue weighted by molar-refractivity contribution is 0.0781. The zero-order chi connectivity index (χ0) is 19.3. The summed E-state index contributed by atoms with van der Waals surface area (Å²) in [5.41, 5.74) is 2.69. The first-order valence-corrected chi connectivity index (χ1v) is 9.09. The number of halogens is 1. The topological polar surface area (TPSA) is 62.4 Å². The van der Waals surface area contributed by atoms with Gasteiger partial charge in [-0.05, 0) is 56.5 Å².